The van der Waals surface area contributed by atoms with Crippen molar-refractivity contribution in [2.24, 2.45) is 11.8 Å². The smallest absolute Gasteiger partial charge is 0.444 e. The van der Waals surface area contributed by atoms with Gasteiger partial charge in [0.1, 0.15) is 12.4 Å². The molecule has 246 valence electrons. The summed E-state index contributed by atoms with van der Waals surface area (Å²) in [5.74, 6) is -2.57. The number of rotatable bonds is 12. The first-order chi connectivity index (χ1) is 22.6. The maximum absolute atomic E-state index is 12.9. The fraction of sp³-hybridized carbons (Fsp3) is 0.294. The maximum Gasteiger partial charge on any atom is 0.511 e. The Labute approximate surface area is 271 Å². The van der Waals surface area contributed by atoms with Gasteiger partial charge in [-0.05, 0) is 35.7 Å². The predicted molar refractivity (Wildman–Crippen MR) is 169 cm³/mol. The molecule has 1 saturated heterocycles. The molecule has 0 aromatic heterocycles. The van der Waals surface area contributed by atoms with Crippen molar-refractivity contribution in [1.82, 2.24) is 16.0 Å². The minimum absolute atomic E-state index is 0.0951. The highest BCUT2D eigenvalue weighted by Gasteiger charge is 2.37. The zero-order valence-corrected chi connectivity index (χ0v) is 25.9. The Morgan fingerprint density at radius 2 is 1.53 bits per heavy atom. The van der Waals surface area contributed by atoms with Crippen molar-refractivity contribution in [3.05, 3.63) is 95.6 Å². The summed E-state index contributed by atoms with van der Waals surface area (Å²) in [6.45, 7) is 3.60. The first kappa shape index (κ1) is 34.2. The highest BCUT2D eigenvalue weighted by atomic mass is 16.8. The van der Waals surface area contributed by atoms with E-state index >= 15 is 0 Å². The molecule has 0 spiro atoms. The molecule has 0 bridgehead atoms. The number of amides is 3. The van der Waals surface area contributed by atoms with Crippen LogP contribution < -0.4 is 16.0 Å². The summed E-state index contributed by atoms with van der Waals surface area (Å²) in [5, 5.41) is 16.1. The number of esters is 1. The Morgan fingerprint density at radius 3 is 2.17 bits per heavy atom. The van der Waals surface area contributed by atoms with Gasteiger partial charge in [-0.15, -0.1) is 0 Å². The van der Waals surface area contributed by atoms with Gasteiger partial charge in [0.05, 0.1) is 18.9 Å². The topological polar surface area (TPSA) is 182 Å². The Balaban J connectivity index is 1.24. The molecule has 13 heteroatoms. The second-order valence-electron chi connectivity index (χ2n) is 10.6. The molecule has 4 rings (SSSR count). The fourth-order valence-corrected chi connectivity index (χ4v) is 4.82. The first-order valence-corrected chi connectivity index (χ1v) is 15.0. The molecule has 0 saturated carbocycles. The molecule has 47 heavy (non-hydrogen) atoms. The van der Waals surface area contributed by atoms with Crippen LogP contribution in [-0.2, 0) is 35.1 Å². The highest BCUT2D eigenvalue weighted by molar-refractivity contribution is 6.04. The van der Waals surface area contributed by atoms with E-state index in [9.17, 15) is 24.0 Å². The molecule has 3 aromatic rings. The number of alkyl carbamates (subject to hydrolysis) is 1. The van der Waals surface area contributed by atoms with E-state index < -0.39 is 30.4 Å². The van der Waals surface area contributed by atoms with Crippen LogP contribution in [0.2, 0.25) is 0 Å². The maximum atomic E-state index is 12.9. The second-order valence-corrected chi connectivity index (χ2v) is 10.6. The lowest BCUT2D eigenvalue weighted by molar-refractivity contribution is -0.169. The van der Waals surface area contributed by atoms with E-state index in [1.165, 1.54) is 6.92 Å². The van der Waals surface area contributed by atoms with E-state index in [0.717, 1.165) is 16.7 Å². The summed E-state index contributed by atoms with van der Waals surface area (Å²) in [4.78, 5) is 61.1. The molecular formula is C34H36N4O9. The number of amidine groups is 1. The Morgan fingerprint density at radius 1 is 0.894 bits per heavy atom. The van der Waals surface area contributed by atoms with Crippen LogP contribution in [0, 0.1) is 17.2 Å². The molecule has 4 N–H and O–H groups in total. The van der Waals surface area contributed by atoms with Crippen LogP contribution in [-0.4, -0.2) is 61.9 Å². The number of carbonyl (C=O) groups is 5. The number of carbonyl (C=O) groups excluding carboxylic acids is 5. The molecule has 0 aliphatic carbocycles. The molecule has 0 radical (unpaired) electrons. The van der Waals surface area contributed by atoms with Gasteiger partial charge < -0.3 is 29.6 Å². The molecular weight excluding hydrogens is 608 g/mol. The van der Waals surface area contributed by atoms with Crippen LogP contribution in [0.1, 0.15) is 41.8 Å². The van der Waals surface area contributed by atoms with Gasteiger partial charge in [0, 0.05) is 37.1 Å². The van der Waals surface area contributed by atoms with Crippen molar-refractivity contribution in [1.29, 1.82) is 5.41 Å². The van der Waals surface area contributed by atoms with Crippen molar-refractivity contribution in [3.8, 4) is 11.1 Å². The van der Waals surface area contributed by atoms with E-state index in [1.54, 1.807) is 55.5 Å². The minimum atomic E-state index is -1.18. The van der Waals surface area contributed by atoms with Gasteiger partial charge in [0.25, 0.3) is 5.91 Å². The Bertz CT molecular complexity index is 1580. The van der Waals surface area contributed by atoms with Crippen molar-refractivity contribution in [2.75, 3.05) is 19.7 Å². The monoisotopic (exact) mass is 644 g/mol. The largest absolute Gasteiger partial charge is 0.511 e. The lowest BCUT2D eigenvalue weighted by Gasteiger charge is -2.18. The van der Waals surface area contributed by atoms with Gasteiger partial charge in [-0.1, -0.05) is 66.7 Å². The standard InChI is InChI=1S/C34H36N4O9/c1-3-44-34(43)47-21(2)46-29(39)17-28-27(19-37-32(28)41)18-36-31(40)26-15-11-24(12-16-26)23-9-13-25(14-10-23)30(35)38-33(42)45-20-22-7-5-4-6-8-22/h4-16,21,27-28H,3,17-20H2,1-2H3,(H,36,40)(H,37,41)(H2,35,38,42). The molecule has 3 atom stereocenters. The summed E-state index contributed by atoms with van der Waals surface area (Å²) in [5.41, 5.74) is 3.41. The third kappa shape index (κ3) is 10.1. The summed E-state index contributed by atoms with van der Waals surface area (Å²) in [6.07, 6.45) is -3.12. The van der Waals surface area contributed by atoms with Crippen molar-refractivity contribution in [2.45, 2.75) is 33.2 Å². The van der Waals surface area contributed by atoms with Crippen molar-refractivity contribution in [3.63, 3.8) is 0 Å². The molecule has 13 nitrogen and oxygen atoms in total. The summed E-state index contributed by atoms with van der Waals surface area (Å²) < 4.78 is 19.7. The quantitative estimate of drug-likeness (QED) is 0.0740. The van der Waals surface area contributed by atoms with Crippen molar-refractivity contribution >= 4 is 35.9 Å². The van der Waals surface area contributed by atoms with Gasteiger partial charge in [-0.25, -0.2) is 9.59 Å². The average molecular weight is 645 g/mol. The third-order valence-electron chi connectivity index (χ3n) is 7.27. The minimum Gasteiger partial charge on any atom is -0.444 e. The molecule has 1 fully saturated rings. The van der Waals surface area contributed by atoms with Gasteiger partial charge in [0.2, 0.25) is 12.2 Å². The van der Waals surface area contributed by atoms with E-state index in [2.05, 4.69) is 20.7 Å². The van der Waals surface area contributed by atoms with Crippen LogP contribution in [0.25, 0.3) is 11.1 Å². The summed E-state index contributed by atoms with van der Waals surface area (Å²) >= 11 is 0. The molecule has 1 aliphatic rings. The molecule has 1 aliphatic heterocycles. The van der Waals surface area contributed by atoms with E-state index in [1.807, 2.05) is 30.3 Å². The Hall–Kier alpha value is -5.72. The lowest BCUT2D eigenvalue weighted by Crippen LogP contribution is -2.34. The van der Waals surface area contributed by atoms with Gasteiger partial charge >= 0.3 is 18.2 Å². The SMILES string of the molecule is CCOC(=O)OC(C)OC(=O)CC1C(=O)NCC1CNC(=O)c1ccc(-c2ccc(C(=N)NC(=O)OCc3ccccc3)cc2)cc1. The van der Waals surface area contributed by atoms with Crippen LogP contribution in [0.5, 0.6) is 0 Å². The number of benzene rings is 3. The van der Waals surface area contributed by atoms with Gasteiger partial charge in [-0.3, -0.25) is 25.1 Å². The van der Waals surface area contributed by atoms with E-state index in [4.69, 9.17) is 19.6 Å². The molecule has 1 heterocycles. The van der Waals surface area contributed by atoms with Crippen LogP contribution in [0.15, 0.2) is 78.9 Å². The third-order valence-corrected chi connectivity index (χ3v) is 7.27. The normalized spacial score (nSPS) is 15.8. The number of nitrogens with one attached hydrogen (secondary N) is 4. The lowest BCUT2D eigenvalue weighted by atomic mass is 9.92. The van der Waals surface area contributed by atoms with Gasteiger partial charge in [0.15, 0.2) is 0 Å². The van der Waals surface area contributed by atoms with Gasteiger partial charge in [-0.2, -0.15) is 0 Å². The second kappa shape index (κ2) is 16.5. The molecule has 3 aromatic carbocycles. The van der Waals surface area contributed by atoms with Crippen LogP contribution in [0.4, 0.5) is 9.59 Å². The number of hydrogen-bond acceptors (Lipinski definition) is 10. The first-order valence-electron chi connectivity index (χ1n) is 15.0. The predicted octanol–water partition coefficient (Wildman–Crippen LogP) is 4.15. The van der Waals surface area contributed by atoms with Crippen LogP contribution in [0.3, 0.4) is 0 Å². The fourth-order valence-electron chi connectivity index (χ4n) is 4.82. The highest BCUT2D eigenvalue weighted by Crippen LogP contribution is 2.23. The van der Waals surface area contributed by atoms with E-state index in [-0.39, 0.29) is 56.3 Å². The zero-order valence-electron chi connectivity index (χ0n) is 25.9. The number of hydrogen-bond donors (Lipinski definition) is 4. The Kier molecular flexibility index (Phi) is 12.0. The van der Waals surface area contributed by atoms with Crippen LogP contribution >= 0.6 is 0 Å². The van der Waals surface area contributed by atoms with E-state index in [0.29, 0.717) is 11.1 Å². The average Bonchev–Trinajstić information content (AvgIpc) is 3.41. The zero-order chi connectivity index (χ0) is 33.8. The molecule has 3 unspecified atom stereocenters. The van der Waals surface area contributed by atoms with Crippen molar-refractivity contribution < 1.29 is 42.9 Å². The number of ether oxygens (including phenoxy) is 4. The summed E-state index contributed by atoms with van der Waals surface area (Å²) in [6, 6.07) is 23.1. The molecule has 3 amide bonds. The summed E-state index contributed by atoms with van der Waals surface area (Å²) in [7, 11) is 0.